The van der Waals surface area contributed by atoms with Gasteiger partial charge >= 0.3 is 6.61 Å². The summed E-state index contributed by atoms with van der Waals surface area (Å²) in [4.78, 5) is 12.6. The summed E-state index contributed by atoms with van der Waals surface area (Å²) in [7, 11) is 0. The van der Waals surface area contributed by atoms with Crippen molar-refractivity contribution in [2.24, 2.45) is 0 Å². The maximum absolute atomic E-state index is 12.0. The minimum atomic E-state index is -2.86. The second-order valence-electron chi connectivity index (χ2n) is 3.87. The molecular weight excluding hydrogens is 364 g/mol. The van der Waals surface area contributed by atoms with Crippen molar-refractivity contribution in [2.75, 3.05) is 5.32 Å². The van der Waals surface area contributed by atoms with E-state index < -0.39 is 6.61 Å². The van der Waals surface area contributed by atoms with Crippen molar-refractivity contribution in [1.82, 2.24) is 0 Å². The Kier molecular flexibility index (Phi) is 5.46. The van der Waals surface area contributed by atoms with Crippen LogP contribution in [0.3, 0.4) is 0 Å². The number of thiophene rings is 1. The molecule has 0 saturated heterocycles. The Bertz CT molecular complexity index is 641. The van der Waals surface area contributed by atoms with Crippen molar-refractivity contribution in [1.29, 1.82) is 0 Å². The van der Waals surface area contributed by atoms with Gasteiger partial charge in [0.25, 0.3) is 0 Å². The summed E-state index contributed by atoms with van der Waals surface area (Å²) in [5.74, 6) is -0.260. The van der Waals surface area contributed by atoms with Crippen LogP contribution in [-0.4, -0.2) is 12.5 Å². The molecule has 1 heterocycles. The largest absolute Gasteiger partial charge is 0.435 e. The Morgan fingerprint density at radius 1 is 1.24 bits per heavy atom. The second-order valence-corrected chi connectivity index (χ2v) is 6.36. The summed E-state index contributed by atoms with van der Waals surface area (Å²) in [6.07, 6.45) is 3.10. The molecule has 0 radical (unpaired) electrons. The summed E-state index contributed by atoms with van der Waals surface area (Å²) in [6, 6.07) is 9.49. The highest BCUT2D eigenvalue weighted by Crippen LogP contribution is 2.23. The number of hydrogen-bond acceptors (Lipinski definition) is 3. The fourth-order valence-corrected chi connectivity index (χ4v) is 2.81. The predicted molar refractivity (Wildman–Crippen MR) is 82.8 cm³/mol. The number of anilines is 1. The number of carbonyl (C=O) groups is 1. The standard InChI is InChI=1S/C14H10BrF2NO2S/c15-12-7-5-11(21-12)6-8-13(19)18-9-1-3-10(4-2-9)20-14(16)17/h1-8,14H,(H,18,19)/b8-6+. The Morgan fingerprint density at radius 3 is 2.52 bits per heavy atom. The number of rotatable bonds is 5. The Hall–Kier alpha value is -1.73. The molecule has 1 amide bonds. The van der Waals surface area contributed by atoms with Crippen LogP contribution in [0.4, 0.5) is 14.5 Å². The Morgan fingerprint density at radius 2 is 1.95 bits per heavy atom. The Labute approximate surface area is 132 Å². The molecular formula is C14H10BrF2NO2S. The van der Waals surface area contributed by atoms with E-state index >= 15 is 0 Å². The fraction of sp³-hybridized carbons (Fsp3) is 0.0714. The maximum atomic E-state index is 12.0. The van der Waals surface area contributed by atoms with E-state index in [1.54, 1.807) is 6.08 Å². The van der Waals surface area contributed by atoms with E-state index in [4.69, 9.17) is 0 Å². The number of halogens is 3. The van der Waals surface area contributed by atoms with Gasteiger partial charge < -0.3 is 10.1 Å². The van der Waals surface area contributed by atoms with E-state index in [1.807, 2.05) is 12.1 Å². The van der Waals surface area contributed by atoms with Crippen LogP contribution < -0.4 is 10.1 Å². The van der Waals surface area contributed by atoms with Crippen LogP contribution in [0.25, 0.3) is 6.08 Å². The highest BCUT2D eigenvalue weighted by atomic mass is 79.9. The van der Waals surface area contributed by atoms with Crippen molar-refractivity contribution < 1.29 is 18.3 Å². The first-order valence-corrected chi connectivity index (χ1v) is 7.43. The Balaban J connectivity index is 1.91. The molecule has 110 valence electrons. The topological polar surface area (TPSA) is 38.3 Å². The molecule has 1 N–H and O–H groups in total. The molecule has 7 heteroatoms. The lowest BCUT2D eigenvalue weighted by molar-refractivity contribution is -0.111. The molecule has 0 unspecified atom stereocenters. The molecule has 3 nitrogen and oxygen atoms in total. The summed E-state index contributed by atoms with van der Waals surface area (Å²) >= 11 is 4.84. The van der Waals surface area contributed by atoms with Gasteiger partial charge in [0.05, 0.1) is 3.79 Å². The van der Waals surface area contributed by atoms with Crippen LogP contribution in [0.15, 0.2) is 46.3 Å². The number of ether oxygens (including phenoxy) is 1. The van der Waals surface area contributed by atoms with Gasteiger partial charge in [-0.1, -0.05) is 0 Å². The van der Waals surface area contributed by atoms with Crippen LogP contribution >= 0.6 is 27.3 Å². The van der Waals surface area contributed by atoms with Crippen molar-refractivity contribution in [2.45, 2.75) is 6.61 Å². The highest BCUT2D eigenvalue weighted by molar-refractivity contribution is 9.11. The van der Waals surface area contributed by atoms with Crippen molar-refractivity contribution in [3.63, 3.8) is 0 Å². The zero-order chi connectivity index (χ0) is 15.2. The first kappa shape index (κ1) is 15.7. The molecule has 1 aromatic heterocycles. The van der Waals surface area contributed by atoms with E-state index in [9.17, 15) is 13.6 Å². The average Bonchev–Trinajstić information content (AvgIpc) is 2.84. The SMILES string of the molecule is O=C(/C=C/c1ccc(Br)s1)Nc1ccc(OC(F)F)cc1. The van der Waals surface area contributed by atoms with Crippen molar-refractivity contribution in [3.8, 4) is 5.75 Å². The summed E-state index contributed by atoms with van der Waals surface area (Å²) in [6.45, 7) is -2.86. The monoisotopic (exact) mass is 373 g/mol. The smallest absolute Gasteiger partial charge is 0.387 e. The zero-order valence-electron chi connectivity index (χ0n) is 10.6. The van der Waals surface area contributed by atoms with Crippen LogP contribution in [0.1, 0.15) is 4.88 Å². The highest BCUT2D eigenvalue weighted by Gasteiger charge is 2.04. The van der Waals surface area contributed by atoms with Gasteiger partial charge in [0.15, 0.2) is 0 Å². The molecule has 0 spiro atoms. The van der Waals surface area contributed by atoms with Gasteiger partial charge in [0.1, 0.15) is 5.75 Å². The molecule has 0 saturated carbocycles. The third kappa shape index (κ3) is 5.28. The normalized spacial score (nSPS) is 11.0. The van der Waals surface area contributed by atoms with Gasteiger partial charge in [-0.15, -0.1) is 11.3 Å². The quantitative estimate of drug-likeness (QED) is 0.767. The lowest BCUT2D eigenvalue weighted by Gasteiger charge is -2.06. The lowest BCUT2D eigenvalue weighted by Crippen LogP contribution is -2.07. The van der Waals surface area contributed by atoms with Crippen molar-refractivity contribution >= 4 is 44.9 Å². The van der Waals surface area contributed by atoms with Crippen LogP contribution in [0.2, 0.25) is 0 Å². The lowest BCUT2D eigenvalue weighted by atomic mass is 10.3. The molecule has 2 rings (SSSR count). The molecule has 0 aliphatic carbocycles. The van der Waals surface area contributed by atoms with Crippen LogP contribution in [0, 0.1) is 0 Å². The number of carbonyl (C=O) groups excluding carboxylic acids is 1. The maximum Gasteiger partial charge on any atom is 0.387 e. The van der Waals surface area contributed by atoms with Crippen LogP contribution in [-0.2, 0) is 4.79 Å². The first-order chi connectivity index (χ1) is 10.0. The van der Waals surface area contributed by atoms with E-state index in [0.29, 0.717) is 5.69 Å². The number of nitrogens with one attached hydrogen (secondary N) is 1. The molecule has 0 aliphatic heterocycles. The number of amides is 1. The second kappa shape index (κ2) is 7.33. The summed E-state index contributed by atoms with van der Waals surface area (Å²) in [5.41, 5.74) is 0.499. The third-order valence-corrected chi connectivity index (χ3v) is 3.93. The van der Waals surface area contributed by atoms with E-state index in [-0.39, 0.29) is 11.7 Å². The molecule has 21 heavy (non-hydrogen) atoms. The summed E-state index contributed by atoms with van der Waals surface area (Å²) in [5, 5.41) is 2.62. The van der Waals surface area contributed by atoms with Crippen molar-refractivity contribution in [3.05, 3.63) is 51.1 Å². The minimum absolute atomic E-state index is 0.0435. The molecule has 0 fully saturated rings. The molecule has 0 aliphatic rings. The van der Waals surface area contributed by atoms with Gasteiger partial charge in [-0.3, -0.25) is 4.79 Å². The third-order valence-electron chi connectivity index (χ3n) is 2.34. The van der Waals surface area contributed by atoms with Gasteiger partial charge in [0, 0.05) is 16.6 Å². The van der Waals surface area contributed by atoms with Gasteiger partial charge in [0.2, 0.25) is 5.91 Å². The summed E-state index contributed by atoms with van der Waals surface area (Å²) < 4.78 is 29.2. The minimum Gasteiger partial charge on any atom is -0.435 e. The number of benzene rings is 1. The average molecular weight is 374 g/mol. The van der Waals surface area contributed by atoms with E-state index in [0.717, 1.165) is 8.66 Å². The van der Waals surface area contributed by atoms with Gasteiger partial charge in [-0.25, -0.2) is 0 Å². The fourth-order valence-electron chi connectivity index (χ4n) is 1.48. The number of alkyl halides is 2. The first-order valence-electron chi connectivity index (χ1n) is 5.82. The van der Waals surface area contributed by atoms with Crippen LogP contribution in [0.5, 0.6) is 5.75 Å². The van der Waals surface area contributed by atoms with Gasteiger partial charge in [-0.05, 0) is 58.4 Å². The molecule has 1 aromatic carbocycles. The van der Waals surface area contributed by atoms with E-state index in [1.165, 1.54) is 41.7 Å². The molecule has 0 bridgehead atoms. The number of hydrogen-bond donors (Lipinski definition) is 1. The van der Waals surface area contributed by atoms with E-state index in [2.05, 4.69) is 26.0 Å². The molecule has 0 atom stereocenters. The molecule has 2 aromatic rings. The zero-order valence-corrected chi connectivity index (χ0v) is 13.0. The van der Waals surface area contributed by atoms with Gasteiger partial charge in [-0.2, -0.15) is 8.78 Å². The predicted octanol–water partition coefficient (Wildman–Crippen LogP) is 4.76.